The zero-order chi connectivity index (χ0) is 19.5. The highest BCUT2D eigenvalue weighted by Gasteiger charge is 2.21. The molecule has 1 atom stereocenters. The van der Waals surface area contributed by atoms with E-state index in [1.165, 1.54) is 5.56 Å². The third-order valence-electron chi connectivity index (χ3n) is 5.73. The van der Waals surface area contributed by atoms with E-state index in [0.717, 1.165) is 61.4 Å². The Balaban J connectivity index is 1.48. The van der Waals surface area contributed by atoms with Crippen molar-refractivity contribution >= 4 is 16.6 Å². The fraction of sp³-hybridized carbons (Fsp3) is 0.409. The molecule has 1 aliphatic rings. The summed E-state index contributed by atoms with van der Waals surface area (Å²) in [7, 11) is 0. The fourth-order valence-corrected chi connectivity index (χ4v) is 3.94. The molecule has 28 heavy (non-hydrogen) atoms. The fourth-order valence-electron chi connectivity index (χ4n) is 3.94. The number of piperazine rings is 1. The van der Waals surface area contributed by atoms with Crippen LogP contribution in [0.25, 0.3) is 10.9 Å². The number of halogens is 1. The van der Waals surface area contributed by atoms with E-state index in [9.17, 15) is 4.39 Å². The topological polar surface area (TPSA) is 47.2 Å². The number of hydrogen-bond donors (Lipinski definition) is 2. The van der Waals surface area contributed by atoms with Gasteiger partial charge in [-0.25, -0.2) is 4.39 Å². The van der Waals surface area contributed by atoms with Crippen LogP contribution in [0.5, 0.6) is 0 Å². The summed E-state index contributed by atoms with van der Waals surface area (Å²) in [4.78, 5) is 4.84. The van der Waals surface area contributed by atoms with E-state index >= 15 is 0 Å². The maximum atomic E-state index is 14.0. The van der Waals surface area contributed by atoms with Crippen LogP contribution in [-0.2, 0) is 6.54 Å². The van der Waals surface area contributed by atoms with E-state index in [1.54, 1.807) is 12.1 Å². The average molecular weight is 381 g/mol. The van der Waals surface area contributed by atoms with Crippen LogP contribution in [0.4, 0.5) is 10.1 Å². The van der Waals surface area contributed by atoms with Crippen molar-refractivity contribution in [3.8, 4) is 0 Å². The maximum absolute atomic E-state index is 14.0. The van der Waals surface area contributed by atoms with Gasteiger partial charge in [-0.2, -0.15) is 5.10 Å². The van der Waals surface area contributed by atoms with Gasteiger partial charge in [-0.1, -0.05) is 19.1 Å². The van der Waals surface area contributed by atoms with Crippen molar-refractivity contribution in [2.75, 3.05) is 37.6 Å². The van der Waals surface area contributed by atoms with Crippen LogP contribution < -0.4 is 10.2 Å². The molecule has 0 spiro atoms. The maximum Gasteiger partial charge on any atom is 0.123 e. The predicted molar refractivity (Wildman–Crippen MR) is 112 cm³/mol. The number of nitrogens with zero attached hydrogens (tertiary/aromatic N) is 3. The number of hydrogen-bond acceptors (Lipinski definition) is 4. The Morgan fingerprint density at radius 1 is 1.14 bits per heavy atom. The Morgan fingerprint density at radius 2 is 1.96 bits per heavy atom. The van der Waals surface area contributed by atoms with Crippen molar-refractivity contribution < 1.29 is 4.39 Å². The highest BCUT2D eigenvalue weighted by atomic mass is 19.1. The van der Waals surface area contributed by atoms with E-state index in [-0.39, 0.29) is 11.9 Å². The quantitative estimate of drug-likeness (QED) is 0.684. The molecular formula is C22H28FN5. The number of aromatic nitrogens is 2. The van der Waals surface area contributed by atoms with Gasteiger partial charge in [0.15, 0.2) is 0 Å². The van der Waals surface area contributed by atoms with Crippen molar-refractivity contribution in [1.29, 1.82) is 0 Å². The summed E-state index contributed by atoms with van der Waals surface area (Å²) in [6.07, 6.45) is 1.83. The van der Waals surface area contributed by atoms with Gasteiger partial charge in [0.05, 0.1) is 11.7 Å². The van der Waals surface area contributed by atoms with Gasteiger partial charge in [0, 0.05) is 49.8 Å². The third-order valence-corrected chi connectivity index (χ3v) is 5.73. The molecule has 2 aromatic carbocycles. The lowest BCUT2D eigenvalue weighted by Crippen LogP contribution is -2.46. The lowest BCUT2D eigenvalue weighted by molar-refractivity contribution is 0.271. The van der Waals surface area contributed by atoms with Crippen LogP contribution in [-0.4, -0.2) is 47.8 Å². The Kier molecular flexibility index (Phi) is 5.59. The van der Waals surface area contributed by atoms with Crippen LogP contribution in [0, 0.1) is 5.82 Å². The SMILES string of the molecule is CCN1CCN(c2ccc(F)cc2C(C)NCc2ccc3cn[nH]c3c2)CC1. The second-order valence-electron chi connectivity index (χ2n) is 7.52. The number of H-pyrrole nitrogens is 1. The molecule has 1 aliphatic heterocycles. The van der Waals surface area contributed by atoms with Gasteiger partial charge in [0.25, 0.3) is 0 Å². The molecule has 5 nitrogen and oxygen atoms in total. The summed E-state index contributed by atoms with van der Waals surface area (Å²) in [5.41, 5.74) is 4.37. The molecule has 0 aliphatic carbocycles. The molecule has 1 saturated heterocycles. The standard InChI is InChI=1S/C22H28FN5/c1-3-27-8-10-28(11-9-27)22-7-6-19(23)13-20(22)16(2)24-14-17-4-5-18-15-25-26-21(18)12-17/h4-7,12-13,15-16,24H,3,8-11,14H2,1-2H3,(H,25,26). The van der Waals surface area contributed by atoms with E-state index < -0.39 is 0 Å². The number of benzene rings is 2. The number of likely N-dealkylation sites (N-methyl/N-ethyl adjacent to an activating group) is 1. The Morgan fingerprint density at radius 3 is 2.75 bits per heavy atom. The van der Waals surface area contributed by atoms with Crippen LogP contribution in [0.1, 0.15) is 31.0 Å². The molecule has 0 saturated carbocycles. The van der Waals surface area contributed by atoms with Crippen molar-refractivity contribution in [2.45, 2.75) is 26.4 Å². The van der Waals surface area contributed by atoms with Gasteiger partial charge in [-0.3, -0.25) is 5.10 Å². The minimum Gasteiger partial charge on any atom is -0.369 e. The lowest BCUT2D eigenvalue weighted by Gasteiger charge is -2.37. The van der Waals surface area contributed by atoms with Crippen molar-refractivity contribution in [1.82, 2.24) is 20.4 Å². The van der Waals surface area contributed by atoms with Gasteiger partial charge in [-0.15, -0.1) is 0 Å². The molecule has 148 valence electrons. The molecule has 0 bridgehead atoms. The average Bonchev–Trinajstić information content (AvgIpc) is 3.20. The molecule has 3 aromatic rings. The van der Waals surface area contributed by atoms with E-state index in [1.807, 2.05) is 12.3 Å². The molecule has 2 N–H and O–H groups in total. The predicted octanol–water partition coefficient (Wildman–Crippen LogP) is 3.69. The van der Waals surface area contributed by atoms with Crippen molar-refractivity contribution in [3.05, 3.63) is 59.5 Å². The van der Waals surface area contributed by atoms with Crippen molar-refractivity contribution in [2.24, 2.45) is 0 Å². The highest BCUT2D eigenvalue weighted by molar-refractivity contribution is 5.78. The molecule has 1 unspecified atom stereocenters. The second kappa shape index (κ2) is 8.29. The number of anilines is 1. The summed E-state index contributed by atoms with van der Waals surface area (Å²) >= 11 is 0. The molecule has 0 radical (unpaired) electrons. The number of rotatable bonds is 6. The Hall–Kier alpha value is -2.44. The first kappa shape index (κ1) is 18.9. The summed E-state index contributed by atoms with van der Waals surface area (Å²) in [5, 5.41) is 11.8. The third kappa shape index (κ3) is 4.03. The number of aromatic amines is 1. The zero-order valence-electron chi connectivity index (χ0n) is 16.6. The molecule has 0 amide bonds. The Bertz CT molecular complexity index is 930. The van der Waals surface area contributed by atoms with Crippen LogP contribution in [0.15, 0.2) is 42.6 Å². The summed E-state index contributed by atoms with van der Waals surface area (Å²) in [5.74, 6) is -0.182. The van der Waals surface area contributed by atoms with Crippen LogP contribution in [0.2, 0.25) is 0 Å². The number of nitrogens with one attached hydrogen (secondary N) is 2. The number of fused-ring (bicyclic) bond motifs is 1. The van der Waals surface area contributed by atoms with Gasteiger partial charge < -0.3 is 15.1 Å². The summed E-state index contributed by atoms with van der Waals surface area (Å²) in [6.45, 7) is 10.2. The molecule has 6 heteroatoms. The van der Waals surface area contributed by atoms with Crippen LogP contribution >= 0.6 is 0 Å². The first-order chi connectivity index (χ1) is 13.6. The minimum atomic E-state index is -0.182. The van der Waals surface area contributed by atoms with Gasteiger partial charge >= 0.3 is 0 Å². The van der Waals surface area contributed by atoms with Crippen molar-refractivity contribution in [3.63, 3.8) is 0 Å². The lowest BCUT2D eigenvalue weighted by atomic mass is 10.0. The summed E-state index contributed by atoms with van der Waals surface area (Å²) in [6, 6.07) is 11.5. The largest absolute Gasteiger partial charge is 0.369 e. The Labute approximate surface area is 165 Å². The molecule has 2 heterocycles. The second-order valence-corrected chi connectivity index (χ2v) is 7.52. The van der Waals surface area contributed by atoms with Crippen LogP contribution in [0.3, 0.4) is 0 Å². The first-order valence-electron chi connectivity index (χ1n) is 10.1. The van der Waals surface area contributed by atoms with Gasteiger partial charge in [-0.05, 0) is 48.9 Å². The monoisotopic (exact) mass is 381 g/mol. The minimum absolute atomic E-state index is 0.0485. The van der Waals surface area contributed by atoms with Gasteiger partial charge in [0.1, 0.15) is 5.82 Å². The summed E-state index contributed by atoms with van der Waals surface area (Å²) < 4.78 is 14.0. The molecule has 1 fully saturated rings. The highest BCUT2D eigenvalue weighted by Crippen LogP contribution is 2.28. The molecule has 4 rings (SSSR count). The smallest absolute Gasteiger partial charge is 0.123 e. The first-order valence-corrected chi connectivity index (χ1v) is 10.1. The molecular weight excluding hydrogens is 353 g/mol. The van der Waals surface area contributed by atoms with Gasteiger partial charge in [0.2, 0.25) is 0 Å². The van der Waals surface area contributed by atoms with E-state index in [0.29, 0.717) is 0 Å². The normalized spacial score (nSPS) is 16.6. The molecule has 1 aromatic heterocycles. The van der Waals surface area contributed by atoms with E-state index in [4.69, 9.17) is 0 Å². The van der Waals surface area contributed by atoms with E-state index in [2.05, 4.69) is 57.4 Å². The zero-order valence-corrected chi connectivity index (χ0v) is 16.6.